The number of nitrogens with one attached hydrogen (secondary N) is 1. The molecule has 0 radical (unpaired) electrons. The van der Waals surface area contributed by atoms with Gasteiger partial charge >= 0.3 is 0 Å². The Kier molecular flexibility index (Phi) is 8.08. The number of hydrogen-bond donors (Lipinski definition) is 4. The monoisotopic (exact) mass is 482 g/mol. The molecule has 3 rings (SSSR count). The van der Waals surface area contributed by atoms with Crippen LogP contribution in [0.2, 0.25) is 0 Å². The van der Waals surface area contributed by atoms with E-state index in [1.54, 1.807) is 25.8 Å². The van der Waals surface area contributed by atoms with E-state index in [4.69, 9.17) is 26.4 Å². The second-order valence-corrected chi connectivity index (χ2v) is 8.21. The lowest BCUT2D eigenvalue weighted by Gasteiger charge is -2.42. The van der Waals surface area contributed by atoms with Gasteiger partial charge < -0.3 is 39.4 Å². The number of hydrogen-bond acceptors (Lipinski definition) is 9. The number of rotatable bonds is 8. The first-order valence-electron chi connectivity index (χ1n) is 10.5. The Morgan fingerprint density at radius 3 is 2.52 bits per heavy atom. The number of aromatic nitrogens is 3. The second kappa shape index (κ2) is 10.6. The van der Waals surface area contributed by atoms with E-state index in [0.717, 1.165) is 5.56 Å². The van der Waals surface area contributed by atoms with Crippen LogP contribution in [-0.4, -0.2) is 80.8 Å². The van der Waals surface area contributed by atoms with Crippen LogP contribution in [0, 0.1) is 4.77 Å². The van der Waals surface area contributed by atoms with Crippen molar-refractivity contribution in [3.8, 4) is 11.5 Å². The molecule has 4 N–H and O–H groups in total. The third-order valence-corrected chi connectivity index (χ3v) is 6.15. The van der Waals surface area contributed by atoms with Crippen molar-refractivity contribution in [2.75, 3.05) is 20.8 Å². The van der Waals surface area contributed by atoms with E-state index < -0.39 is 43.1 Å². The Balaban J connectivity index is 1.87. The molecule has 11 nitrogen and oxygen atoms in total. The highest BCUT2D eigenvalue weighted by atomic mass is 32.1. The van der Waals surface area contributed by atoms with Gasteiger partial charge in [-0.25, -0.2) is 4.68 Å². The predicted octanol–water partition coefficient (Wildman–Crippen LogP) is -0.130. The quantitative estimate of drug-likeness (QED) is 0.379. The van der Waals surface area contributed by atoms with E-state index in [0.29, 0.717) is 34.9 Å². The molecule has 1 fully saturated rings. The van der Waals surface area contributed by atoms with E-state index in [2.05, 4.69) is 10.4 Å². The van der Waals surface area contributed by atoms with E-state index in [1.807, 2.05) is 18.2 Å². The van der Waals surface area contributed by atoms with E-state index in [1.165, 1.54) is 11.6 Å². The van der Waals surface area contributed by atoms with Crippen LogP contribution in [0.1, 0.15) is 24.5 Å². The van der Waals surface area contributed by atoms with Crippen LogP contribution >= 0.6 is 12.2 Å². The minimum absolute atomic E-state index is 0.304. The van der Waals surface area contributed by atoms with Gasteiger partial charge in [0.15, 0.2) is 22.5 Å². The Bertz CT molecular complexity index is 1040. The zero-order valence-electron chi connectivity index (χ0n) is 19.0. The fraction of sp³-hybridized carbons (Fsp3) is 0.571. The number of aliphatic hydroxyl groups is 3. The van der Waals surface area contributed by atoms with Gasteiger partial charge in [-0.3, -0.25) is 4.79 Å². The Morgan fingerprint density at radius 1 is 1.21 bits per heavy atom. The molecule has 0 saturated carbocycles. The zero-order valence-corrected chi connectivity index (χ0v) is 19.8. The summed E-state index contributed by atoms with van der Waals surface area (Å²) in [5.74, 6) is 1.51. The van der Waals surface area contributed by atoms with Gasteiger partial charge in [-0.15, -0.1) is 0 Å². The summed E-state index contributed by atoms with van der Waals surface area (Å²) in [7, 11) is 4.92. The molecular weight excluding hydrogens is 452 g/mol. The molecule has 1 aliphatic heterocycles. The van der Waals surface area contributed by atoms with Crippen molar-refractivity contribution in [3.63, 3.8) is 0 Å². The molecule has 0 aliphatic carbocycles. The Labute approximate surface area is 196 Å². The van der Waals surface area contributed by atoms with Crippen molar-refractivity contribution >= 4 is 18.1 Å². The van der Waals surface area contributed by atoms with Crippen molar-refractivity contribution < 1.29 is 34.3 Å². The first-order valence-corrected chi connectivity index (χ1v) is 10.9. The van der Waals surface area contributed by atoms with Crippen LogP contribution in [0.3, 0.4) is 0 Å². The lowest BCUT2D eigenvalue weighted by Crippen LogP contribution is -2.62. The third-order valence-electron chi connectivity index (χ3n) is 5.69. The smallest absolute Gasteiger partial charge is 0.217 e. The first-order chi connectivity index (χ1) is 15.7. The number of aliphatic hydroxyl groups excluding tert-OH is 3. The summed E-state index contributed by atoms with van der Waals surface area (Å²) in [6, 6.07) is 4.65. The zero-order chi connectivity index (χ0) is 24.3. The van der Waals surface area contributed by atoms with Gasteiger partial charge in [0, 0.05) is 20.4 Å². The van der Waals surface area contributed by atoms with Crippen LogP contribution in [0.4, 0.5) is 0 Å². The number of ether oxygens (including phenoxy) is 3. The van der Waals surface area contributed by atoms with Crippen LogP contribution in [0.25, 0.3) is 0 Å². The van der Waals surface area contributed by atoms with Gasteiger partial charge in [-0.05, 0) is 36.3 Å². The molecular formula is C21H30N4O7S. The summed E-state index contributed by atoms with van der Waals surface area (Å²) in [4.78, 5) is 11.7. The normalized spacial score (nSPS) is 25.0. The lowest BCUT2D eigenvalue weighted by atomic mass is 9.96. The molecule has 1 amide bonds. The van der Waals surface area contributed by atoms with E-state index in [-0.39, 0.29) is 0 Å². The highest BCUT2D eigenvalue weighted by molar-refractivity contribution is 7.71. The average molecular weight is 483 g/mol. The number of carbonyl (C=O) groups excluding carboxylic acids is 1. The predicted molar refractivity (Wildman–Crippen MR) is 120 cm³/mol. The maximum atomic E-state index is 11.7. The highest BCUT2D eigenvalue weighted by Crippen LogP contribution is 2.30. The highest BCUT2D eigenvalue weighted by Gasteiger charge is 2.46. The number of methoxy groups -OCH3 is 2. The summed E-state index contributed by atoms with van der Waals surface area (Å²) in [6.45, 7) is 0.772. The summed E-state index contributed by atoms with van der Waals surface area (Å²) in [5, 5.41) is 37.6. The molecule has 1 aliphatic rings. The van der Waals surface area contributed by atoms with Crippen LogP contribution in [0.5, 0.6) is 11.5 Å². The summed E-state index contributed by atoms with van der Waals surface area (Å²) >= 11 is 5.54. The van der Waals surface area contributed by atoms with Crippen molar-refractivity contribution in [2.45, 2.75) is 50.3 Å². The van der Waals surface area contributed by atoms with Crippen molar-refractivity contribution in [1.29, 1.82) is 0 Å². The topological polar surface area (TPSA) is 140 Å². The van der Waals surface area contributed by atoms with E-state index >= 15 is 0 Å². The number of nitrogens with zero attached hydrogens (tertiary/aromatic N) is 3. The number of amides is 1. The molecule has 1 aromatic carbocycles. The minimum Gasteiger partial charge on any atom is -0.493 e. The fourth-order valence-corrected chi connectivity index (χ4v) is 4.12. The van der Waals surface area contributed by atoms with Crippen molar-refractivity contribution in [2.24, 2.45) is 7.05 Å². The number of carbonyl (C=O) groups is 1. The Morgan fingerprint density at radius 2 is 1.91 bits per heavy atom. The molecule has 2 heterocycles. The standard InChI is InChI=1S/C21H30N4O7S/c1-11(27)22-17-19(29)18(28)15(10-26)32-20(17)25-21(33)24(2)16(23-25)8-6-12-5-7-13(30-3)14(9-12)31-4/h5,7,9,15,17-20,26,28-29H,6,8,10H2,1-4H3,(H,22,27)/t15-,17-,18-,19-,20-/m1/s1. The lowest BCUT2D eigenvalue weighted by molar-refractivity contribution is -0.219. The average Bonchev–Trinajstić information content (AvgIpc) is 3.09. The van der Waals surface area contributed by atoms with E-state index in [9.17, 15) is 20.1 Å². The van der Waals surface area contributed by atoms with Gasteiger partial charge in [-0.1, -0.05) is 6.07 Å². The fourth-order valence-electron chi connectivity index (χ4n) is 3.87. The molecule has 0 unspecified atom stereocenters. The van der Waals surface area contributed by atoms with Gasteiger partial charge in [0.05, 0.1) is 20.8 Å². The first kappa shape index (κ1) is 25.1. The minimum atomic E-state index is -1.39. The number of benzene rings is 1. The molecule has 12 heteroatoms. The van der Waals surface area contributed by atoms with Crippen LogP contribution < -0.4 is 14.8 Å². The summed E-state index contributed by atoms with van der Waals surface area (Å²) in [6.07, 6.45) is -3.67. The van der Waals surface area contributed by atoms with Gasteiger partial charge in [0.1, 0.15) is 30.2 Å². The van der Waals surface area contributed by atoms with Gasteiger partial charge in [0.25, 0.3) is 0 Å². The molecule has 1 saturated heterocycles. The number of aryl methyl sites for hydroxylation is 2. The van der Waals surface area contributed by atoms with Crippen molar-refractivity contribution in [1.82, 2.24) is 19.7 Å². The maximum Gasteiger partial charge on any atom is 0.217 e. The molecule has 1 aromatic heterocycles. The Hall–Kier alpha value is -2.51. The second-order valence-electron chi connectivity index (χ2n) is 7.85. The van der Waals surface area contributed by atoms with Gasteiger partial charge in [-0.2, -0.15) is 5.10 Å². The largest absolute Gasteiger partial charge is 0.493 e. The molecule has 2 aromatic rings. The summed E-state index contributed by atoms with van der Waals surface area (Å²) < 4.78 is 19.8. The summed E-state index contributed by atoms with van der Waals surface area (Å²) in [5.41, 5.74) is 1.01. The maximum absolute atomic E-state index is 11.7. The molecule has 182 valence electrons. The third kappa shape index (κ3) is 5.20. The van der Waals surface area contributed by atoms with Crippen LogP contribution in [-0.2, 0) is 29.4 Å². The molecule has 33 heavy (non-hydrogen) atoms. The van der Waals surface area contributed by atoms with Crippen molar-refractivity contribution in [3.05, 3.63) is 34.4 Å². The molecule has 5 atom stereocenters. The van der Waals surface area contributed by atoms with Gasteiger partial charge in [0.2, 0.25) is 5.91 Å². The molecule has 0 bridgehead atoms. The van der Waals surface area contributed by atoms with Crippen LogP contribution in [0.15, 0.2) is 18.2 Å². The SMILES string of the molecule is COc1ccc(CCc2nn([C@@H]3O[C@H](CO)[C@@H](O)[C@H](O)[C@H]3NC(C)=O)c(=S)n2C)cc1OC. The molecule has 0 spiro atoms.